The Morgan fingerprint density at radius 2 is 0.929 bits per heavy atom. The van der Waals surface area contributed by atoms with Crippen molar-refractivity contribution < 1.29 is 54.2 Å². The van der Waals surface area contributed by atoms with E-state index in [0.717, 1.165) is 6.42 Å². The minimum absolute atomic E-state index is 0. The molecule has 5 nitrogen and oxygen atoms in total. The van der Waals surface area contributed by atoms with E-state index in [4.69, 9.17) is 10.2 Å². The molecule has 0 aromatic heterocycles. The van der Waals surface area contributed by atoms with E-state index in [1.807, 2.05) is 6.29 Å². The van der Waals surface area contributed by atoms with E-state index in [1.54, 1.807) is 0 Å². The van der Waals surface area contributed by atoms with Crippen LogP contribution in [0.1, 0.15) is 110 Å². The largest absolute Gasteiger partial charge is 1.00 e. The Hall–Kier alpha value is -0.650. The molecule has 0 rings (SSSR count). The third kappa shape index (κ3) is 36.3. The average molecular weight is 407 g/mol. The number of hydrogen-bond donors (Lipinski definition) is 2. The zero-order valence-electron chi connectivity index (χ0n) is 18.1. The van der Waals surface area contributed by atoms with Gasteiger partial charge in [0.2, 0.25) is 0 Å². The molecule has 6 heteroatoms. The first-order valence-corrected chi connectivity index (χ1v) is 10.5. The molecule has 0 fully saturated rings. The van der Waals surface area contributed by atoms with Gasteiger partial charge in [-0.1, -0.05) is 103 Å². The molecule has 0 heterocycles. The molecule has 0 aromatic rings. The molecule has 0 aliphatic rings. The van der Waals surface area contributed by atoms with Crippen molar-refractivity contribution in [1.82, 2.24) is 0 Å². The van der Waals surface area contributed by atoms with Crippen LogP contribution in [0.15, 0.2) is 12.2 Å². The Morgan fingerprint density at radius 1 is 0.643 bits per heavy atom. The van der Waals surface area contributed by atoms with E-state index < -0.39 is 11.9 Å². The van der Waals surface area contributed by atoms with E-state index >= 15 is 0 Å². The van der Waals surface area contributed by atoms with Crippen LogP contribution in [0.4, 0.5) is 0 Å². The van der Waals surface area contributed by atoms with Crippen LogP contribution < -0.4 is 29.6 Å². The Labute approximate surface area is 193 Å². The summed E-state index contributed by atoms with van der Waals surface area (Å²) in [6.45, 7) is 2.28. The molecular weight excluding hydrogens is 367 g/mol. The fourth-order valence-electron chi connectivity index (χ4n) is 2.71. The van der Waals surface area contributed by atoms with Crippen molar-refractivity contribution in [2.24, 2.45) is 0 Å². The van der Waals surface area contributed by atoms with Gasteiger partial charge in [-0.15, -0.1) is 0 Å². The van der Waals surface area contributed by atoms with Crippen molar-refractivity contribution in [1.29, 1.82) is 0 Å². The maximum absolute atomic E-state index is 10.0. The SMILES string of the molecule is CCCCCCCCCCCCCCCCC[C-]=O.O=C(O)C=CC(=O)O.[Na+]. The zero-order valence-corrected chi connectivity index (χ0v) is 20.1. The molecule has 0 spiro atoms. The predicted molar refractivity (Wildman–Crippen MR) is 110 cm³/mol. The van der Waals surface area contributed by atoms with Gasteiger partial charge < -0.3 is 15.0 Å². The Balaban J connectivity index is -0.000000587. The maximum atomic E-state index is 10.0. The van der Waals surface area contributed by atoms with Crippen molar-refractivity contribution >= 4 is 18.2 Å². The number of carboxylic acid groups (broad SMARTS) is 2. The van der Waals surface area contributed by atoms with Crippen LogP contribution in [0.25, 0.3) is 0 Å². The molecule has 0 bridgehead atoms. The zero-order chi connectivity index (χ0) is 20.6. The monoisotopic (exact) mass is 406 g/mol. The molecule has 158 valence electrons. The smallest absolute Gasteiger partial charge is 0.542 e. The van der Waals surface area contributed by atoms with Crippen LogP contribution >= 0.6 is 0 Å². The summed E-state index contributed by atoms with van der Waals surface area (Å²) in [5, 5.41) is 15.6. The molecule has 0 aliphatic heterocycles. The molecule has 0 atom stereocenters. The molecule has 2 N–H and O–H groups in total. The topological polar surface area (TPSA) is 91.7 Å². The van der Waals surface area contributed by atoms with Gasteiger partial charge in [0.05, 0.1) is 0 Å². The third-order valence-electron chi connectivity index (χ3n) is 4.25. The summed E-state index contributed by atoms with van der Waals surface area (Å²) in [7, 11) is 0. The number of carbonyl (C=O) groups excluding carboxylic acids is 1. The molecule has 28 heavy (non-hydrogen) atoms. The van der Waals surface area contributed by atoms with Crippen molar-refractivity contribution in [3.05, 3.63) is 12.2 Å². The summed E-state index contributed by atoms with van der Waals surface area (Å²) >= 11 is 0. The number of hydrogen-bond acceptors (Lipinski definition) is 3. The number of unbranched alkanes of at least 4 members (excludes halogenated alkanes) is 15. The molecule has 0 saturated carbocycles. The van der Waals surface area contributed by atoms with Crippen LogP contribution in [-0.4, -0.2) is 28.4 Å². The van der Waals surface area contributed by atoms with Gasteiger partial charge in [-0.2, -0.15) is 6.42 Å². The quantitative estimate of drug-likeness (QED) is 0.158. The first kappa shape index (κ1) is 32.0. The summed E-state index contributed by atoms with van der Waals surface area (Å²) in [4.78, 5) is 29.1. The second-order valence-electron chi connectivity index (χ2n) is 6.85. The number of carboxylic acids is 2. The van der Waals surface area contributed by atoms with Crippen molar-refractivity contribution in [2.75, 3.05) is 0 Å². The van der Waals surface area contributed by atoms with E-state index in [9.17, 15) is 14.4 Å². The van der Waals surface area contributed by atoms with Gasteiger partial charge in [0, 0.05) is 12.2 Å². The fourth-order valence-corrected chi connectivity index (χ4v) is 2.71. The standard InChI is InChI=1S/C18H35O.C4H4O4.Na/c1-2-3-4-5-6-7-8-9-10-11-12-13-14-15-16-17-18-19;5-3(6)1-2-4(7)8;/h2-17H2,1H3;1-2H,(H,5,6)(H,7,8);/q-1;;+1. The van der Waals surface area contributed by atoms with Crippen LogP contribution in [0.3, 0.4) is 0 Å². The van der Waals surface area contributed by atoms with Crippen LogP contribution in [0.2, 0.25) is 0 Å². The van der Waals surface area contributed by atoms with Gasteiger partial charge in [-0.25, -0.2) is 9.59 Å². The summed E-state index contributed by atoms with van der Waals surface area (Å²) in [5.74, 6) is -2.51. The Bertz CT molecular complexity index is 367. The molecular formula is C22H39NaO5. The normalized spacial score (nSPS) is 10.0. The predicted octanol–water partition coefficient (Wildman–Crippen LogP) is 3.07. The van der Waals surface area contributed by atoms with E-state index in [-0.39, 0.29) is 29.6 Å². The minimum Gasteiger partial charge on any atom is -0.542 e. The first-order chi connectivity index (χ1) is 13.0. The minimum atomic E-state index is -1.26. The second kappa shape index (κ2) is 28.6. The van der Waals surface area contributed by atoms with Gasteiger partial charge in [-0.3, -0.25) is 6.29 Å². The maximum Gasteiger partial charge on any atom is 1.00 e. The number of rotatable bonds is 18. The summed E-state index contributed by atoms with van der Waals surface area (Å²) in [6, 6.07) is 0. The summed E-state index contributed by atoms with van der Waals surface area (Å²) in [6.07, 6.45) is 24.3. The van der Waals surface area contributed by atoms with Gasteiger partial charge in [0.25, 0.3) is 0 Å². The van der Waals surface area contributed by atoms with Crippen molar-refractivity contribution in [3.63, 3.8) is 0 Å². The van der Waals surface area contributed by atoms with Crippen molar-refractivity contribution in [2.45, 2.75) is 110 Å². The van der Waals surface area contributed by atoms with E-state index in [1.165, 1.54) is 89.9 Å². The third-order valence-corrected chi connectivity index (χ3v) is 4.25. The Morgan fingerprint density at radius 3 is 1.18 bits per heavy atom. The molecule has 0 unspecified atom stereocenters. The van der Waals surface area contributed by atoms with Gasteiger partial charge in [0.15, 0.2) is 0 Å². The van der Waals surface area contributed by atoms with E-state index in [2.05, 4.69) is 6.92 Å². The Kier molecular flexibility index (Phi) is 32.7. The van der Waals surface area contributed by atoms with Gasteiger partial charge in [-0.05, 0) is 0 Å². The van der Waals surface area contributed by atoms with Gasteiger partial charge >= 0.3 is 41.5 Å². The van der Waals surface area contributed by atoms with Gasteiger partial charge in [0.1, 0.15) is 0 Å². The van der Waals surface area contributed by atoms with E-state index in [0.29, 0.717) is 18.6 Å². The van der Waals surface area contributed by atoms with Crippen molar-refractivity contribution in [3.8, 4) is 0 Å². The molecule has 0 amide bonds. The first-order valence-electron chi connectivity index (χ1n) is 10.5. The number of carbonyl (C=O) groups is 2. The number of aliphatic carboxylic acids is 2. The molecule has 0 radical (unpaired) electrons. The summed E-state index contributed by atoms with van der Waals surface area (Å²) < 4.78 is 0. The average Bonchev–Trinajstić information content (AvgIpc) is 2.64. The van der Waals surface area contributed by atoms with Crippen LogP contribution in [0, 0.1) is 0 Å². The van der Waals surface area contributed by atoms with Crippen LogP contribution in [0.5, 0.6) is 0 Å². The van der Waals surface area contributed by atoms with Crippen LogP contribution in [-0.2, 0) is 14.4 Å². The molecule has 0 aliphatic carbocycles. The molecule has 0 aromatic carbocycles. The fraction of sp³-hybridized carbons (Fsp3) is 0.773. The second-order valence-corrected chi connectivity index (χ2v) is 6.85. The summed E-state index contributed by atoms with van der Waals surface area (Å²) in [5.41, 5.74) is 0. The molecule has 0 saturated heterocycles.